The number of carbonyl (C=O) groups is 2. The zero-order valence-corrected chi connectivity index (χ0v) is 17.2. The highest BCUT2D eigenvalue weighted by Crippen LogP contribution is 2.39. The highest BCUT2D eigenvalue weighted by molar-refractivity contribution is 7.16. The van der Waals surface area contributed by atoms with Gasteiger partial charge in [0.2, 0.25) is 5.91 Å². The van der Waals surface area contributed by atoms with Crippen molar-refractivity contribution in [1.82, 2.24) is 5.32 Å². The van der Waals surface area contributed by atoms with Gasteiger partial charge >= 0.3 is 6.09 Å². The maximum Gasteiger partial charge on any atom is 0.407 e. The van der Waals surface area contributed by atoms with Crippen molar-refractivity contribution in [2.24, 2.45) is 5.92 Å². The van der Waals surface area contributed by atoms with E-state index in [9.17, 15) is 14.9 Å². The van der Waals surface area contributed by atoms with Gasteiger partial charge in [-0.25, -0.2) is 4.79 Å². The molecule has 0 saturated carbocycles. The van der Waals surface area contributed by atoms with Crippen LogP contribution in [0.25, 0.3) is 6.08 Å². The number of hydrogen-bond acceptors (Lipinski definition) is 6. The van der Waals surface area contributed by atoms with E-state index in [0.29, 0.717) is 17.2 Å². The summed E-state index contributed by atoms with van der Waals surface area (Å²) in [6.07, 6.45) is 8.01. The van der Waals surface area contributed by atoms with E-state index in [4.69, 9.17) is 9.15 Å². The van der Waals surface area contributed by atoms with Gasteiger partial charge in [0, 0.05) is 22.6 Å². The minimum Gasteiger partial charge on any atom is -0.472 e. The molecule has 1 unspecified atom stereocenters. The largest absolute Gasteiger partial charge is 0.472 e. The van der Waals surface area contributed by atoms with Crippen LogP contribution in [0.5, 0.6) is 0 Å². The summed E-state index contributed by atoms with van der Waals surface area (Å²) in [6, 6.07) is 4.01. The van der Waals surface area contributed by atoms with E-state index in [1.165, 1.54) is 29.9 Å². The lowest BCUT2D eigenvalue weighted by molar-refractivity contribution is -0.111. The van der Waals surface area contributed by atoms with E-state index in [0.717, 1.165) is 35.3 Å². The van der Waals surface area contributed by atoms with E-state index >= 15 is 0 Å². The first-order chi connectivity index (χ1) is 14.0. The van der Waals surface area contributed by atoms with Crippen molar-refractivity contribution in [2.75, 3.05) is 11.9 Å². The van der Waals surface area contributed by atoms with Gasteiger partial charge in [-0.2, -0.15) is 5.26 Å². The predicted molar refractivity (Wildman–Crippen MR) is 111 cm³/mol. The van der Waals surface area contributed by atoms with Gasteiger partial charge < -0.3 is 19.8 Å². The van der Waals surface area contributed by atoms with E-state index in [2.05, 4.69) is 16.7 Å². The number of anilines is 1. The zero-order chi connectivity index (χ0) is 20.8. The maximum absolute atomic E-state index is 12.2. The number of alkyl carbamates (subject to hydrolysis) is 1. The van der Waals surface area contributed by atoms with Gasteiger partial charge in [0.1, 0.15) is 11.1 Å². The molecule has 0 aromatic carbocycles. The zero-order valence-electron chi connectivity index (χ0n) is 16.4. The molecule has 2 heterocycles. The van der Waals surface area contributed by atoms with Crippen molar-refractivity contribution in [3.05, 3.63) is 46.2 Å². The average Bonchev–Trinajstić information content (AvgIpc) is 3.31. The minimum atomic E-state index is -0.410. The second-order valence-corrected chi connectivity index (χ2v) is 8.31. The normalized spacial score (nSPS) is 15.7. The second kappa shape index (κ2) is 9.43. The molecule has 0 saturated heterocycles. The summed E-state index contributed by atoms with van der Waals surface area (Å²) in [5, 5.41) is 15.7. The van der Waals surface area contributed by atoms with E-state index in [1.807, 2.05) is 13.8 Å². The molecule has 7 nitrogen and oxygen atoms in total. The van der Waals surface area contributed by atoms with Crippen molar-refractivity contribution in [2.45, 2.75) is 39.2 Å². The lowest BCUT2D eigenvalue weighted by Gasteiger charge is -2.22. The topological polar surface area (TPSA) is 104 Å². The number of amides is 2. The molecule has 29 heavy (non-hydrogen) atoms. The summed E-state index contributed by atoms with van der Waals surface area (Å²) in [5.41, 5.74) is 2.32. The molecular weight excluding hydrogens is 390 g/mol. The standard InChI is InChI=1S/C21H23N3O4S/c1-13(2)23-21(26)28-12-15-3-5-16-17(10-22)20(29-18(16)9-15)24-19(25)6-4-14-7-8-27-11-14/h4,6-8,11,13,15H,3,5,9,12H2,1-2H3,(H,23,26)(H,24,25). The third-order valence-electron chi connectivity index (χ3n) is 4.54. The van der Waals surface area contributed by atoms with E-state index in [-0.39, 0.29) is 17.9 Å². The van der Waals surface area contributed by atoms with Crippen LogP contribution >= 0.6 is 11.3 Å². The van der Waals surface area contributed by atoms with Gasteiger partial charge in [0.05, 0.1) is 24.7 Å². The number of thiophene rings is 1. The molecule has 2 aromatic rings. The Morgan fingerprint density at radius 1 is 1.48 bits per heavy atom. The summed E-state index contributed by atoms with van der Waals surface area (Å²) in [5.74, 6) is -0.0957. The minimum absolute atomic E-state index is 0.0321. The van der Waals surface area contributed by atoms with E-state index in [1.54, 1.807) is 12.1 Å². The summed E-state index contributed by atoms with van der Waals surface area (Å²) < 4.78 is 10.3. The van der Waals surface area contributed by atoms with Crippen LogP contribution in [-0.4, -0.2) is 24.6 Å². The number of fused-ring (bicyclic) bond motifs is 1. The fraction of sp³-hybridized carbons (Fsp3) is 0.381. The van der Waals surface area contributed by atoms with Crippen LogP contribution in [0.2, 0.25) is 0 Å². The van der Waals surface area contributed by atoms with Gasteiger partial charge in [-0.1, -0.05) is 0 Å². The summed E-state index contributed by atoms with van der Waals surface area (Å²) >= 11 is 1.42. The Morgan fingerprint density at radius 3 is 3.00 bits per heavy atom. The number of hydrogen-bond donors (Lipinski definition) is 2. The molecule has 3 rings (SSSR count). The van der Waals surface area contributed by atoms with Crippen LogP contribution in [0.1, 0.15) is 41.8 Å². The smallest absolute Gasteiger partial charge is 0.407 e. The molecule has 1 aliphatic carbocycles. The average molecular weight is 413 g/mol. The van der Waals surface area contributed by atoms with Gasteiger partial charge in [-0.05, 0) is 56.7 Å². The van der Waals surface area contributed by atoms with Gasteiger partial charge in [0.25, 0.3) is 0 Å². The third-order valence-corrected chi connectivity index (χ3v) is 5.71. The molecule has 2 aromatic heterocycles. The number of ether oxygens (including phenoxy) is 1. The lowest BCUT2D eigenvalue weighted by atomic mass is 9.88. The fourth-order valence-electron chi connectivity index (χ4n) is 3.17. The molecule has 2 amide bonds. The molecule has 0 spiro atoms. The SMILES string of the molecule is CC(C)NC(=O)OCC1CCc2c(sc(NC(=O)C=Cc3ccoc3)c2C#N)C1. The van der Waals surface area contributed by atoms with Gasteiger partial charge in [-0.15, -0.1) is 11.3 Å². The Hall–Kier alpha value is -3.05. The Morgan fingerprint density at radius 2 is 2.31 bits per heavy atom. The Bertz CT molecular complexity index is 938. The first-order valence-corrected chi connectivity index (χ1v) is 10.3. The molecule has 1 atom stereocenters. The second-order valence-electron chi connectivity index (χ2n) is 7.21. The highest BCUT2D eigenvalue weighted by Gasteiger charge is 2.27. The molecule has 2 N–H and O–H groups in total. The summed E-state index contributed by atoms with van der Waals surface area (Å²) in [6.45, 7) is 4.10. The molecule has 1 aliphatic rings. The van der Waals surface area contributed by atoms with Crippen molar-refractivity contribution >= 4 is 34.4 Å². The van der Waals surface area contributed by atoms with Crippen LogP contribution in [-0.2, 0) is 22.4 Å². The molecule has 0 fully saturated rings. The van der Waals surface area contributed by atoms with Crippen molar-refractivity contribution in [3.63, 3.8) is 0 Å². The van der Waals surface area contributed by atoms with Crippen molar-refractivity contribution in [1.29, 1.82) is 5.26 Å². The third kappa shape index (κ3) is 5.48. The van der Waals surface area contributed by atoms with Gasteiger partial charge in [0.15, 0.2) is 0 Å². The molecule has 0 radical (unpaired) electrons. The van der Waals surface area contributed by atoms with Gasteiger partial charge in [-0.3, -0.25) is 4.79 Å². The predicted octanol–water partition coefficient (Wildman–Crippen LogP) is 4.10. The Kier molecular flexibility index (Phi) is 6.73. The lowest BCUT2D eigenvalue weighted by Crippen LogP contribution is -2.32. The number of rotatable bonds is 6. The van der Waals surface area contributed by atoms with Crippen LogP contribution in [0.3, 0.4) is 0 Å². The van der Waals surface area contributed by atoms with Crippen molar-refractivity contribution in [3.8, 4) is 6.07 Å². The Labute approximate surface area is 173 Å². The number of carbonyl (C=O) groups excluding carboxylic acids is 2. The van der Waals surface area contributed by atoms with Crippen molar-refractivity contribution < 1.29 is 18.7 Å². The van der Waals surface area contributed by atoms with Crippen LogP contribution in [0.4, 0.5) is 9.80 Å². The first kappa shape index (κ1) is 20.7. The van der Waals surface area contributed by atoms with Crippen LogP contribution in [0, 0.1) is 17.2 Å². The number of nitriles is 1. The maximum atomic E-state index is 12.2. The monoisotopic (exact) mass is 413 g/mol. The number of nitrogens with zero attached hydrogens (tertiary/aromatic N) is 1. The molecule has 0 aliphatic heterocycles. The molecule has 8 heteroatoms. The fourth-order valence-corrected chi connectivity index (χ4v) is 4.48. The number of furan rings is 1. The van der Waals surface area contributed by atoms with Crippen LogP contribution in [0.15, 0.2) is 29.1 Å². The highest BCUT2D eigenvalue weighted by atomic mass is 32.1. The quantitative estimate of drug-likeness (QED) is 0.694. The molecular formula is C21H23N3O4S. The van der Waals surface area contributed by atoms with Crippen LogP contribution < -0.4 is 10.6 Å². The molecule has 152 valence electrons. The first-order valence-electron chi connectivity index (χ1n) is 9.45. The summed E-state index contributed by atoms with van der Waals surface area (Å²) in [7, 11) is 0. The molecule has 0 bridgehead atoms. The summed E-state index contributed by atoms with van der Waals surface area (Å²) in [4.78, 5) is 25.0. The Balaban J connectivity index is 1.63. The number of nitrogens with one attached hydrogen (secondary N) is 2. The van der Waals surface area contributed by atoms with E-state index < -0.39 is 6.09 Å².